The van der Waals surface area contributed by atoms with Crippen LogP contribution >= 0.6 is 11.6 Å². The molecule has 0 spiro atoms. The van der Waals surface area contributed by atoms with Gasteiger partial charge in [-0.2, -0.15) is 4.98 Å². The van der Waals surface area contributed by atoms with E-state index in [1.807, 2.05) is 18.2 Å². The summed E-state index contributed by atoms with van der Waals surface area (Å²) in [5, 5.41) is 3.42. The maximum absolute atomic E-state index is 11.0. The molecule has 1 aliphatic rings. The summed E-state index contributed by atoms with van der Waals surface area (Å²) < 4.78 is 21.8. The summed E-state index contributed by atoms with van der Waals surface area (Å²) in [6.07, 6.45) is 2.10. The van der Waals surface area contributed by atoms with Gasteiger partial charge in [0.15, 0.2) is 0 Å². The molecule has 10 heteroatoms. The molecule has 1 amide bonds. The standard InChI is InChI=1S/C19H23ClN4O5/c1-26-7-8-29-18-14(20)10-21-19(23-18)22-15-4-3-13(9-16(15)27-2)17-11-24(12-25)5-6-28-17/h3-4,9-10,12,17H,5-8,11H2,1-2H3,(H,21,22,23). The van der Waals surface area contributed by atoms with Crippen molar-refractivity contribution < 1.29 is 23.7 Å². The minimum atomic E-state index is -0.204. The van der Waals surface area contributed by atoms with Gasteiger partial charge >= 0.3 is 0 Å². The van der Waals surface area contributed by atoms with Gasteiger partial charge in [-0.25, -0.2) is 4.98 Å². The summed E-state index contributed by atoms with van der Waals surface area (Å²) in [7, 11) is 3.16. The average Bonchev–Trinajstić information content (AvgIpc) is 2.76. The lowest BCUT2D eigenvalue weighted by Crippen LogP contribution is -2.37. The van der Waals surface area contributed by atoms with E-state index in [9.17, 15) is 4.79 Å². The summed E-state index contributed by atoms with van der Waals surface area (Å²) in [6.45, 7) is 2.34. The lowest BCUT2D eigenvalue weighted by atomic mass is 10.1. The van der Waals surface area contributed by atoms with Crippen LogP contribution in [0.25, 0.3) is 0 Å². The second kappa shape index (κ2) is 10.2. The fourth-order valence-electron chi connectivity index (χ4n) is 2.83. The number of benzene rings is 1. The predicted octanol–water partition coefficient (Wildman–Crippen LogP) is 2.44. The van der Waals surface area contributed by atoms with Gasteiger partial charge in [0.1, 0.15) is 23.5 Å². The number of methoxy groups -OCH3 is 2. The Morgan fingerprint density at radius 2 is 2.24 bits per heavy atom. The molecule has 156 valence electrons. The molecular formula is C19H23ClN4O5. The summed E-state index contributed by atoms with van der Waals surface area (Å²) in [5.41, 5.74) is 1.59. The summed E-state index contributed by atoms with van der Waals surface area (Å²) in [5.74, 6) is 1.17. The molecule has 3 rings (SSSR count). The molecule has 1 fully saturated rings. The Kier molecular flexibility index (Phi) is 7.45. The van der Waals surface area contributed by atoms with Gasteiger partial charge in [0.25, 0.3) is 0 Å². The third-order valence-corrected chi connectivity index (χ3v) is 4.59. The largest absolute Gasteiger partial charge is 0.495 e. The number of nitrogens with one attached hydrogen (secondary N) is 1. The van der Waals surface area contributed by atoms with Crippen molar-refractivity contribution in [3.8, 4) is 11.6 Å². The smallest absolute Gasteiger partial charge is 0.237 e. The number of anilines is 2. The first-order valence-corrected chi connectivity index (χ1v) is 9.42. The zero-order valence-corrected chi connectivity index (χ0v) is 17.0. The Bertz CT molecular complexity index is 838. The first kappa shape index (κ1) is 21.1. The van der Waals surface area contributed by atoms with Gasteiger partial charge in [0.2, 0.25) is 18.2 Å². The molecule has 1 aromatic heterocycles. The molecule has 9 nitrogen and oxygen atoms in total. The molecule has 2 heterocycles. The van der Waals surface area contributed by atoms with E-state index < -0.39 is 0 Å². The molecule has 1 unspecified atom stereocenters. The lowest BCUT2D eigenvalue weighted by Gasteiger charge is -2.30. The number of carbonyl (C=O) groups excluding carboxylic acids is 1. The number of halogens is 1. The van der Waals surface area contributed by atoms with Crippen molar-refractivity contribution >= 4 is 29.6 Å². The number of amides is 1. The highest BCUT2D eigenvalue weighted by atomic mass is 35.5. The summed E-state index contributed by atoms with van der Waals surface area (Å²) in [6, 6.07) is 5.63. The third-order valence-electron chi connectivity index (χ3n) is 4.33. The van der Waals surface area contributed by atoms with Gasteiger partial charge in [-0.15, -0.1) is 0 Å². The van der Waals surface area contributed by atoms with Crippen LogP contribution < -0.4 is 14.8 Å². The second-order valence-electron chi connectivity index (χ2n) is 6.23. The number of nitrogens with zero attached hydrogens (tertiary/aromatic N) is 3. The molecule has 1 N–H and O–H groups in total. The van der Waals surface area contributed by atoms with Crippen LogP contribution in [0, 0.1) is 0 Å². The van der Waals surface area contributed by atoms with Crippen molar-refractivity contribution in [2.24, 2.45) is 0 Å². The highest BCUT2D eigenvalue weighted by Gasteiger charge is 2.22. The summed E-state index contributed by atoms with van der Waals surface area (Å²) in [4.78, 5) is 21.2. The fraction of sp³-hybridized carbons (Fsp3) is 0.421. The van der Waals surface area contributed by atoms with Crippen molar-refractivity contribution in [2.75, 3.05) is 52.4 Å². The highest BCUT2D eigenvalue weighted by molar-refractivity contribution is 6.31. The topological polar surface area (TPSA) is 95.0 Å². The molecule has 0 bridgehead atoms. The maximum atomic E-state index is 11.0. The normalized spacial score (nSPS) is 16.4. The van der Waals surface area contributed by atoms with E-state index in [2.05, 4.69) is 15.3 Å². The van der Waals surface area contributed by atoms with E-state index in [-0.39, 0.29) is 12.0 Å². The lowest BCUT2D eigenvalue weighted by molar-refractivity contribution is -0.125. The number of carbonyl (C=O) groups is 1. The fourth-order valence-corrected chi connectivity index (χ4v) is 2.98. The summed E-state index contributed by atoms with van der Waals surface area (Å²) >= 11 is 6.08. The quantitative estimate of drug-likeness (QED) is 0.486. The van der Waals surface area contributed by atoms with Gasteiger partial charge in [-0.3, -0.25) is 4.79 Å². The van der Waals surface area contributed by atoms with Crippen LogP contribution in [0.4, 0.5) is 11.6 Å². The SMILES string of the molecule is COCCOc1nc(Nc2ccc(C3CN(C=O)CCO3)cc2OC)ncc1Cl. The second-order valence-corrected chi connectivity index (χ2v) is 6.64. The molecule has 1 atom stereocenters. The van der Waals surface area contributed by atoms with Crippen LogP contribution in [0.15, 0.2) is 24.4 Å². The highest BCUT2D eigenvalue weighted by Crippen LogP contribution is 2.33. The first-order valence-electron chi connectivity index (χ1n) is 9.04. The number of ether oxygens (including phenoxy) is 4. The van der Waals surface area contributed by atoms with E-state index >= 15 is 0 Å². The van der Waals surface area contributed by atoms with Crippen molar-refractivity contribution in [3.63, 3.8) is 0 Å². The van der Waals surface area contributed by atoms with Crippen molar-refractivity contribution in [3.05, 3.63) is 35.0 Å². The van der Waals surface area contributed by atoms with Crippen LogP contribution in [0.1, 0.15) is 11.7 Å². The number of morpholine rings is 1. The van der Waals surface area contributed by atoms with E-state index in [1.54, 1.807) is 19.1 Å². The molecule has 2 aromatic rings. The molecule has 0 radical (unpaired) electrons. The van der Waals surface area contributed by atoms with Crippen LogP contribution in [-0.2, 0) is 14.3 Å². The van der Waals surface area contributed by atoms with Gasteiger partial charge in [0, 0.05) is 13.7 Å². The molecular weight excluding hydrogens is 400 g/mol. The molecule has 0 saturated carbocycles. The van der Waals surface area contributed by atoms with Gasteiger partial charge < -0.3 is 29.2 Å². The number of rotatable bonds is 9. The molecule has 1 saturated heterocycles. The zero-order chi connectivity index (χ0) is 20.6. The van der Waals surface area contributed by atoms with E-state index in [0.29, 0.717) is 55.3 Å². The van der Waals surface area contributed by atoms with Gasteiger partial charge in [-0.1, -0.05) is 17.7 Å². The number of hydrogen-bond acceptors (Lipinski definition) is 8. The molecule has 1 aliphatic heterocycles. The Labute approximate surface area is 173 Å². The maximum Gasteiger partial charge on any atom is 0.237 e. The Balaban J connectivity index is 1.75. The van der Waals surface area contributed by atoms with Crippen molar-refractivity contribution in [1.82, 2.24) is 14.9 Å². The van der Waals surface area contributed by atoms with Crippen LogP contribution in [-0.4, -0.2) is 68.4 Å². The Morgan fingerprint density at radius 3 is 3.00 bits per heavy atom. The zero-order valence-electron chi connectivity index (χ0n) is 16.3. The molecule has 0 aliphatic carbocycles. The third kappa shape index (κ3) is 5.47. The van der Waals surface area contributed by atoms with Gasteiger partial charge in [-0.05, 0) is 17.7 Å². The predicted molar refractivity (Wildman–Crippen MR) is 107 cm³/mol. The van der Waals surface area contributed by atoms with E-state index in [4.69, 9.17) is 30.5 Å². The van der Waals surface area contributed by atoms with Crippen molar-refractivity contribution in [1.29, 1.82) is 0 Å². The molecule has 29 heavy (non-hydrogen) atoms. The van der Waals surface area contributed by atoms with Crippen LogP contribution in [0.5, 0.6) is 11.6 Å². The minimum absolute atomic E-state index is 0.204. The monoisotopic (exact) mass is 422 g/mol. The Hall–Kier alpha value is -2.62. The Morgan fingerprint density at radius 1 is 1.38 bits per heavy atom. The number of aromatic nitrogens is 2. The average molecular weight is 423 g/mol. The van der Waals surface area contributed by atoms with E-state index in [0.717, 1.165) is 12.0 Å². The van der Waals surface area contributed by atoms with Crippen LogP contribution in [0.3, 0.4) is 0 Å². The minimum Gasteiger partial charge on any atom is -0.495 e. The van der Waals surface area contributed by atoms with E-state index in [1.165, 1.54) is 6.20 Å². The molecule has 1 aromatic carbocycles. The van der Waals surface area contributed by atoms with Crippen molar-refractivity contribution in [2.45, 2.75) is 6.10 Å². The van der Waals surface area contributed by atoms with Crippen LogP contribution in [0.2, 0.25) is 5.02 Å². The number of hydrogen-bond donors (Lipinski definition) is 1. The first-order chi connectivity index (χ1) is 14.1. The van der Waals surface area contributed by atoms with Gasteiger partial charge in [0.05, 0.1) is 38.8 Å².